The number of aromatic amines is 1. The highest BCUT2D eigenvalue weighted by atomic mass is 32.2. The van der Waals surface area contributed by atoms with Crippen LogP contribution in [0.25, 0.3) is 5.69 Å². The molecule has 1 atom stereocenters. The summed E-state index contributed by atoms with van der Waals surface area (Å²) in [5.41, 5.74) is 5.37. The molecule has 0 unspecified atom stereocenters. The van der Waals surface area contributed by atoms with Gasteiger partial charge in [0.2, 0.25) is 5.91 Å². The first-order valence-electron chi connectivity index (χ1n) is 10.2. The minimum absolute atomic E-state index is 0.0187. The zero-order valence-corrected chi connectivity index (χ0v) is 18.4. The van der Waals surface area contributed by atoms with E-state index in [0.717, 1.165) is 34.2 Å². The molecule has 0 fully saturated rings. The van der Waals surface area contributed by atoms with Crippen LogP contribution in [0.15, 0.2) is 78.5 Å². The second kappa shape index (κ2) is 9.66. The van der Waals surface area contributed by atoms with Gasteiger partial charge in [-0.2, -0.15) is 0 Å². The van der Waals surface area contributed by atoms with Crippen molar-refractivity contribution in [3.8, 4) is 5.69 Å². The van der Waals surface area contributed by atoms with Crippen molar-refractivity contribution in [1.82, 2.24) is 24.8 Å². The minimum Gasteiger partial charge on any atom is -0.349 e. The molecular formula is C24H25N5OS. The van der Waals surface area contributed by atoms with E-state index in [4.69, 9.17) is 0 Å². The van der Waals surface area contributed by atoms with Gasteiger partial charge in [0.15, 0.2) is 5.16 Å². The van der Waals surface area contributed by atoms with E-state index in [0.29, 0.717) is 5.75 Å². The van der Waals surface area contributed by atoms with Crippen LogP contribution in [0.2, 0.25) is 0 Å². The molecule has 1 amide bonds. The van der Waals surface area contributed by atoms with Crippen molar-refractivity contribution in [3.63, 3.8) is 0 Å². The lowest BCUT2D eigenvalue weighted by atomic mass is 10.1. The van der Waals surface area contributed by atoms with Gasteiger partial charge in [-0.1, -0.05) is 54.2 Å². The average Bonchev–Trinajstić information content (AvgIpc) is 3.44. The number of thioether (sulfide) groups is 1. The summed E-state index contributed by atoms with van der Waals surface area (Å²) in [6.07, 6.45) is 6.19. The van der Waals surface area contributed by atoms with E-state index in [1.54, 1.807) is 12.5 Å². The molecule has 2 aromatic carbocycles. The van der Waals surface area contributed by atoms with Gasteiger partial charge in [-0.3, -0.25) is 4.79 Å². The molecule has 2 aromatic heterocycles. The Morgan fingerprint density at radius 3 is 2.65 bits per heavy atom. The summed E-state index contributed by atoms with van der Waals surface area (Å²) in [6.45, 7) is 4.01. The number of aryl methyl sites for hydroxylation is 1. The molecule has 7 heteroatoms. The van der Waals surface area contributed by atoms with E-state index < -0.39 is 0 Å². The molecule has 158 valence electrons. The van der Waals surface area contributed by atoms with Gasteiger partial charge in [-0.05, 0) is 37.1 Å². The highest BCUT2D eigenvalue weighted by Gasteiger charge is 2.13. The fourth-order valence-electron chi connectivity index (χ4n) is 3.34. The van der Waals surface area contributed by atoms with Crippen molar-refractivity contribution in [1.29, 1.82) is 0 Å². The maximum absolute atomic E-state index is 12.5. The smallest absolute Gasteiger partial charge is 0.230 e. The number of imidazole rings is 2. The summed E-state index contributed by atoms with van der Waals surface area (Å²) < 4.78 is 1.95. The van der Waals surface area contributed by atoms with Gasteiger partial charge in [-0.25, -0.2) is 9.97 Å². The molecule has 0 bridgehead atoms. The molecule has 4 rings (SSSR count). The van der Waals surface area contributed by atoms with Crippen molar-refractivity contribution >= 4 is 17.7 Å². The Hall–Kier alpha value is -3.32. The molecule has 6 nitrogen and oxygen atoms in total. The van der Waals surface area contributed by atoms with Gasteiger partial charge in [-0.15, -0.1) is 0 Å². The molecule has 0 spiro atoms. The summed E-state index contributed by atoms with van der Waals surface area (Å²) in [5, 5.41) is 3.84. The SMILES string of the molecule is Cc1[nH]c(SCC(=O)N[C@H](C)c2ccc(-n3ccnc3)cc2)nc1Cc1ccccc1. The van der Waals surface area contributed by atoms with Gasteiger partial charge in [0, 0.05) is 30.2 Å². The zero-order chi connectivity index (χ0) is 21.6. The number of hydrogen-bond acceptors (Lipinski definition) is 4. The van der Waals surface area contributed by atoms with E-state index in [2.05, 4.69) is 32.4 Å². The number of benzene rings is 2. The molecule has 0 saturated carbocycles. The first-order valence-corrected chi connectivity index (χ1v) is 11.2. The van der Waals surface area contributed by atoms with Gasteiger partial charge < -0.3 is 14.9 Å². The summed E-state index contributed by atoms with van der Waals surface area (Å²) in [5.74, 6) is 0.296. The second-order valence-corrected chi connectivity index (χ2v) is 8.38. The van der Waals surface area contributed by atoms with Crippen LogP contribution in [0, 0.1) is 6.92 Å². The number of hydrogen-bond donors (Lipinski definition) is 2. The maximum Gasteiger partial charge on any atom is 0.230 e. The Balaban J connectivity index is 1.29. The number of rotatable bonds is 8. The van der Waals surface area contributed by atoms with E-state index >= 15 is 0 Å². The highest BCUT2D eigenvalue weighted by molar-refractivity contribution is 7.99. The van der Waals surface area contributed by atoms with Gasteiger partial charge in [0.05, 0.1) is 23.8 Å². The summed E-state index contributed by atoms with van der Waals surface area (Å²) >= 11 is 1.42. The van der Waals surface area contributed by atoms with E-state index in [9.17, 15) is 4.79 Å². The summed E-state index contributed by atoms with van der Waals surface area (Å²) in [4.78, 5) is 24.5. The summed E-state index contributed by atoms with van der Waals surface area (Å²) in [6, 6.07) is 18.3. The number of nitrogens with one attached hydrogen (secondary N) is 2. The third-order valence-electron chi connectivity index (χ3n) is 5.09. The lowest BCUT2D eigenvalue weighted by Gasteiger charge is -2.14. The maximum atomic E-state index is 12.5. The van der Waals surface area contributed by atoms with Crippen LogP contribution in [-0.4, -0.2) is 31.2 Å². The topological polar surface area (TPSA) is 75.6 Å². The lowest BCUT2D eigenvalue weighted by molar-refractivity contribution is -0.119. The number of amides is 1. The standard InChI is InChI=1S/C24H25N5OS/c1-17(20-8-10-21(11-9-20)29-13-12-25-16-29)26-23(30)15-31-24-27-18(2)22(28-24)14-19-6-4-3-5-7-19/h3-13,16-17H,14-15H2,1-2H3,(H,26,30)(H,27,28)/t17-/m1/s1. The Labute approximate surface area is 186 Å². The quantitative estimate of drug-likeness (QED) is 0.404. The molecule has 2 heterocycles. The van der Waals surface area contributed by atoms with Crippen LogP contribution in [-0.2, 0) is 11.2 Å². The zero-order valence-electron chi connectivity index (χ0n) is 17.6. The second-order valence-electron chi connectivity index (χ2n) is 7.42. The monoisotopic (exact) mass is 431 g/mol. The van der Waals surface area contributed by atoms with Gasteiger partial charge in [0.25, 0.3) is 0 Å². The normalized spacial score (nSPS) is 11.9. The van der Waals surface area contributed by atoms with Crippen LogP contribution < -0.4 is 5.32 Å². The molecule has 0 aliphatic heterocycles. The number of carbonyl (C=O) groups excluding carboxylic acids is 1. The molecule has 0 saturated heterocycles. The van der Waals surface area contributed by atoms with Crippen molar-refractivity contribution in [2.24, 2.45) is 0 Å². The Morgan fingerprint density at radius 2 is 1.94 bits per heavy atom. The fraction of sp³-hybridized carbons (Fsp3) is 0.208. The van der Waals surface area contributed by atoms with E-state index in [1.165, 1.54) is 17.3 Å². The van der Waals surface area contributed by atoms with Gasteiger partial charge in [0.1, 0.15) is 0 Å². The predicted octanol–water partition coefficient (Wildman–Crippen LogP) is 4.46. The van der Waals surface area contributed by atoms with Crippen molar-refractivity contribution in [2.75, 3.05) is 5.75 Å². The van der Waals surface area contributed by atoms with Gasteiger partial charge >= 0.3 is 0 Å². The Bertz CT molecular complexity index is 1120. The van der Waals surface area contributed by atoms with Crippen LogP contribution in [0.1, 0.15) is 35.5 Å². The molecular weight excluding hydrogens is 406 g/mol. The van der Waals surface area contributed by atoms with Crippen molar-refractivity contribution in [3.05, 3.63) is 95.8 Å². The molecule has 31 heavy (non-hydrogen) atoms. The van der Waals surface area contributed by atoms with Crippen molar-refractivity contribution in [2.45, 2.75) is 31.5 Å². The number of aromatic nitrogens is 4. The fourth-order valence-corrected chi connectivity index (χ4v) is 4.10. The highest BCUT2D eigenvalue weighted by Crippen LogP contribution is 2.20. The minimum atomic E-state index is -0.0723. The first kappa shape index (κ1) is 20.9. The molecule has 4 aromatic rings. The molecule has 0 aliphatic carbocycles. The molecule has 0 aliphatic rings. The Kier molecular flexibility index (Phi) is 6.52. The van der Waals surface area contributed by atoms with Crippen LogP contribution in [0.4, 0.5) is 0 Å². The third-order valence-corrected chi connectivity index (χ3v) is 5.96. The molecule has 0 radical (unpaired) electrons. The lowest BCUT2D eigenvalue weighted by Crippen LogP contribution is -2.28. The number of carbonyl (C=O) groups is 1. The largest absolute Gasteiger partial charge is 0.349 e. The average molecular weight is 432 g/mol. The first-order chi connectivity index (χ1) is 15.1. The molecule has 2 N–H and O–H groups in total. The van der Waals surface area contributed by atoms with E-state index in [1.807, 2.05) is 67.1 Å². The predicted molar refractivity (Wildman–Crippen MR) is 123 cm³/mol. The Morgan fingerprint density at radius 1 is 1.16 bits per heavy atom. The number of H-pyrrole nitrogens is 1. The van der Waals surface area contributed by atoms with Crippen LogP contribution >= 0.6 is 11.8 Å². The van der Waals surface area contributed by atoms with Crippen molar-refractivity contribution < 1.29 is 4.79 Å². The third kappa shape index (κ3) is 5.44. The van der Waals surface area contributed by atoms with E-state index in [-0.39, 0.29) is 11.9 Å². The number of nitrogens with zero attached hydrogens (tertiary/aromatic N) is 3. The van der Waals surface area contributed by atoms with Crippen LogP contribution in [0.3, 0.4) is 0 Å². The summed E-state index contributed by atoms with van der Waals surface area (Å²) in [7, 11) is 0. The van der Waals surface area contributed by atoms with Crippen LogP contribution in [0.5, 0.6) is 0 Å².